The fourth-order valence-electron chi connectivity index (χ4n) is 1.89. The highest BCUT2D eigenvalue weighted by Crippen LogP contribution is 2.12. The summed E-state index contributed by atoms with van der Waals surface area (Å²) in [5.74, 6) is -0.0681. The van der Waals surface area contributed by atoms with Crippen molar-refractivity contribution in [1.82, 2.24) is 20.6 Å². The molecular weight excluding hydrogens is 218 g/mol. The molecule has 0 spiro atoms. The molecule has 0 fully saturated rings. The number of carbonyl (C=O) groups is 1. The molecule has 3 N–H and O–H groups in total. The second kappa shape index (κ2) is 4.97. The molecule has 2 atom stereocenters. The minimum Gasteiger partial charge on any atom is -0.351 e. The van der Waals surface area contributed by atoms with Crippen LogP contribution >= 0.6 is 0 Å². The molecular formula is C11H15N5O. The van der Waals surface area contributed by atoms with Gasteiger partial charge in [0.1, 0.15) is 0 Å². The van der Waals surface area contributed by atoms with Crippen molar-refractivity contribution in [3.05, 3.63) is 17.7 Å². The predicted molar refractivity (Wildman–Crippen MR) is 60.8 cm³/mol. The zero-order valence-electron chi connectivity index (χ0n) is 9.66. The molecule has 0 aromatic carbocycles. The Hall–Kier alpha value is -1.87. The fourth-order valence-corrected chi connectivity index (χ4v) is 1.89. The van der Waals surface area contributed by atoms with Gasteiger partial charge in [-0.1, -0.05) is 0 Å². The Morgan fingerprint density at radius 2 is 2.65 bits per heavy atom. The van der Waals surface area contributed by atoms with Crippen molar-refractivity contribution in [2.45, 2.75) is 38.4 Å². The molecule has 90 valence electrons. The van der Waals surface area contributed by atoms with Crippen molar-refractivity contribution in [1.29, 1.82) is 5.26 Å². The van der Waals surface area contributed by atoms with Gasteiger partial charge in [0.25, 0.3) is 0 Å². The van der Waals surface area contributed by atoms with Gasteiger partial charge < -0.3 is 10.3 Å². The van der Waals surface area contributed by atoms with Crippen molar-refractivity contribution in [3.8, 4) is 6.07 Å². The number of fused-ring (bicyclic) bond motifs is 1. The standard InChI is InChI=1S/C11H15N5O/c1-7(2-3-12)16-11(17)9-4-8-10(5-13-9)15-6-14-8/h6-7,9,13H,2,4-5H2,1H3,(H,14,15)(H,16,17). The van der Waals surface area contributed by atoms with E-state index in [0.29, 0.717) is 19.4 Å². The Kier molecular flexibility index (Phi) is 3.40. The normalized spacial score (nSPS) is 20.1. The van der Waals surface area contributed by atoms with E-state index in [1.807, 2.05) is 13.0 Å². The molecule has 0 saturated carbocycles. The van der Waals surface area contributed by atoms with Crippen LogP contribution in [0.25, 0.3) is 0 Å². The monoisotopic (exact) mass is 233 g/mol. The summed E-state index contributed by atoms with van der Waals surface area (Å²) in [5, 5.41) is 14.5. The van der Waals surface area contributed by atoms with Gasteiger partial charge in [0, 0.05) is 19.0 Å². The molecule has 1 aromatic rings. The summed E-state index contributed by atoms with van der Waals surface area (Å²) in [6, 6.07) is 1.66. The number of aromatic nitrogens is 2. The van der Waals surface area contributed by atoms with E-state index in [1.165, 1.54) is 0 Å². The summed E-state index contributed by atoms with van der Waals surface area (Å²) in [6.45, 7) is 2.45. The first-order chi connectivity index (χ1) is 8.20. The van der Waals surface area contributed by atoms with Crippen LogP contribution in [-0.4, -0.2) is 28.0 Å². The highest BCUT2D eigenvalue weighted by atomic mass is 16.2. The maximum Gasteiger partial charge on any atom is 0.237 e. The molecule has 2 unspecified atom stereocenters. The Balaban J connectivity index is 1.92. The SMILES string of the molecule is CC(CC#N)NC(=O)C1Cc2nc[nH]c2CN1. The van der Waals surface area contributed by atoms with Gasteiger partial charge in [-0.15, -0.1) is 0 Å². The number of hydrogen-bond donors (Lipinski definition) is 3. The summed E-state index contributed by atoms with van der Waals surface area (Å²) in [7, 11) is 0. The minimum absolute atomic E-state index is 0.0681. The molecule has 6 heteroatoms. The lowest BCUT2D eigenvalue weighted by atomic mass is 10.0. The van der Waals surface area contributed by atoms with E-state index in [-0.39, 0.29) is 18.0 Å². The van der Waals surface area contributed by atoms with Crippen LogP contribution < -0.4 is 10.6 Å². The summed E-state index contributed by atoms with van der Waals surface area (Å²) in [4.78, 5) is 19.1. The number of H-pyrrole nitrogens is 1. The summed E-state index contributed by atoms with van der Waals surface area (Å²) in [6.07, 6.45) is 2.56. The summed E-state index contributed by atoms with van der Waals surface area (Å²) >= 11 is 0. The third kappa shape index (κ3) is 2.63. The topological polar surface area (TPSA) is 93.6 Å². The van der Waals surface area contributed by atoms with Crippen molar-refractivity contribution in [2.24, 2.45) is 0 Å². The Labute approximate surface area is 99.4 Å². The molecule has 0 radical (unpaired) electrons. The van der Waals surface area contributed by atoms with E-state index < -0.39 is 0 Å². The maximum atomic E-state index is 11.9. The van der Waals surface area contributed by atoms with Crippen LogP contribution in [0.1, 0.15) is 24.7 Å². The quantitative estimate of drug-likeness (QED) is 0.676. The lowest BCUT2D eigenvalue weighted by molar-refractivity contribution is -0.123. The molecule has 1 aromatic heterocycles. The first-order valence-electron chi connectivity index (χ1n) is 5.62. The number of nitriles is 1. The van der Waals surface area contributed by atoms with Crippen LogP contribution in [0.3, 0.4) is 0 Å². The molecule has 0 bridgehead atoms. The van der Waals surface area contributed by atoms with Gasteiger partial charge in [-0.05, 0) is 6.92 Å². The highest BCUT2D eigenvalue weighted by Gasteiger charge is 2.26. The van der Waals surface area contributed by atoms with Crippen LogP contribution in [-0.2, 0) is 17.8 Å². The second-order valence-electron chi connectivity index (χ2n) is 4.24. The van der Waals surface area contributed by atoms with Crippen LogP contribution in [0.5, 0.6) is 0 Å². The van der Waals surface area contributed by atoms with E-state index in [0.717, 1.165) is 11.4 Å². The molecule has 2 heterocycles. The lowest BCUT2D eigenvalue weighted by Crippen LogP contribution is -2.49. The van der Waals surface area contributed by atoms with Gasteiger partial charge in [0.05, 0.1) is 36.2 Å². The van der Waals surface area contributed by atoms with Crippen molar-refractivity contribution >= 4 is 5.91 Å². The zero-order valence-corrected chi connectivity index (χ0v) is 9.66. The summed E-state index contributed by atoms with van der Waals surface area (Å²) in [5.41, 5.74) is 1.98. The van der Waals surface area contributed by atoms with Crippen molar-refractivity contribution < 1.29 is 4.79 Å². The minimum atomic E-state index is -0.257. The van der Waals surface area contributed by atoms with Crippen molar-refractivity contribution in [2.75, 3.05) is 0 Å². The largest absolute Gasteiger partial charge is 0.351 e. The molecule has 0 saturated heterocycles. The molecule has 17 heavy (non-hydrogen) atoms. The number of nitrogens with zero attached hydrogens (tertiary/aromatic N) is 2. The van der Waals surface area contributed by atoms with Crippen LogP contribution in [0.2, 0.25) is 0 Å². The highest BCUT2D eigenvalue weighted by molar-refractivity contribution is 5.82. The maximum absolute atomic E-state index is 11.9. The Bertz CT molecular complexity index is 447. The van der Waals surface area contributed by atoms with E-state index in [1.54, 1.807) is 6.33 Å². The number of hydrogen-bond acceptors (Lipinski definition) is 4. The molecule has 0 aliphatic carbocycles. The van der Waals surface area contributed by atoms with E-state index in [2.05, 4.69) is 20.6 Å². The molecule has 1 amide bonds. The molecule has 1 aliphatic rings. The first-order valence-corrected chi connectivity index (χ1v) is 5.62. The second-order valence-corrected chi connectivity index (χ2v) is 4.24. The van der Waals surface area contributed by atoms with E-state index >= 15 is 0 Å². The fraction of sp³-hybridized carbons (Fsp3) is 0.545. The number of nitrogens with one attached hydrogen (secondary N) is 3. The molecule has 2 rings (SSSR count). The van der Waals surface area contributed by atoms with Crippen LogP contribution in [0.15, 0.2) is 6.33 Å². The Morgan fingerprint density at radius 3 is 3.41 bits per heavy atom. The van der Waals surface area contributed by atoms with Gasteiger partial charge in [0.15, 0.2) is 0 Å². The van der Waals surface area contributed by atoms with E-state index in [9.17, 15) is 4.79 Å². The molecule has 1 aliphatic heterocycles. The number of carbonyl (C=O) groups excluding carboxylic acids is 1. The third-order valence-corrected chi connectivity index (χ3v) is 2.83. The smallest absolute Gasteiger partial charge is 0.237 e. The van der Waals surface area contributed by atoms with Gasteiger partial charge in [0.2, 0.25) is 5.91 Å². The van der Waals surface area contributed by atoms with Gasteiger partial charge in [-0.25, -0.2) is 4.98 Å². The van der Waals surface area contributed by atoms with Crippen LogP contribution in [0, 0.1) is 11.3 Å². The first kappa shape index (κ1) is 11.6. The average molecular weight is 233 g/mol. The predicted octanol–water partition coefficient (Wildman–Crippen LogP) is -0.158. The Morgan fingerprint density at radius 1 is 1.82 bits per heavy atom. The zero-order chi connectivity index (χ0) is 12.3. The van der Waals surface area contributed by atoms with E-state index in [4.69, 9.17) is 5.26 Å². The van der Waals surface area contributed by atoms with Crippen LogP contribution in [0.4, 0.5) is 0 Å². The number of rotatable bonds is 3. The number of amides is 1. The lowest BCUT2D eigenvalue weighted by Gasteiger charge is -2.23. The summed E-state index contributed by atoms with van der Waals surface area (Å²) < 4.78 is 0. The number of aromatic amines is 1. The van der Waals surface area contributed by atoms with Gasteiger partial charge in [-0.3, -0.25) is 10.1 Å². The average Bonchev–Trinajstić information content (AvgIpc) is 2.75. The molecule has 6 nitrogen and oxygen atoms in total. The third-order valence-electron chi connectivity index (χ3n) is 2.83. The van der Waals surface area contributed by atoms with Crippen molar-refractivity contribution in [3.63, 3.8) is 0 Å². The van der Waals surface area contributed by atoms with Gasteiger partial charge in [-0.2, -0.15) is 5.26 Å². The van der Waals surface area contributed by atoms with Gasteiger partial charge >= 0.3 is 0 Å². The number of imidazole rings is 1.